The van der Waals surface area contributed by atoms with Crippen LogP contribution in [0, 0.1) is 17.7 Å². The fourth-order valence-corrected chi connectivity index (χ4v) is 2.22. The van der Waals surface area contributed by atoms with E-state index in [1.165, 1.54) is 6.92 Å². The van der Waals surface area contributed by atoms with Crippen molar-refractivity contribution in [3.05, 3.63) is 22.5 Å². The molecule has 0 amide bonds. The number of halogens is 1. The highest BCUT2D eigenvalue weighted by Gasteiger charge is 2.54. The molecule has 0 aliphatic carbocycles. The SMILES string of the molecule is CC#CC1(N)[C@@H](O)[C@@H](CO)O[C@H]1n1cc(F)c(N)nc1=O. The molecule has 1 aliphatic heterocycles. The van der Waals surface area contributed by atoms with Crippen LogP contribution in [0.3, 0.4) is 0 Å². The second-order valence-electron chi connectivity index (χ2n) is 4.63. The number of anilines is 1. The van der Waals surface area contributed by atoms with Gasteiger partial charge in [-0.15, -0.1) is 5.92 Å². The fourth-order valence-electron chi connectivity index (χ4n) is 2.22. The Bertz CT molecular complexity index is 667. The number of aromatic nitrogens is 2. The van der Waals surface area contributed by atoms with Gasteiger partial charge in [-0.1, -0.05) is 5.92 Å². The number of nitrogens with zero attached hydrogens (tertiary/aromatic N) is 2. The van der Waals surface area contributed by atoms with E-state index in [0.717, 1.165) is 10.8 Å². The summed E-state index contributed by atoms with van der Waals surface area (Å²) < 4.78 is 19.6. The van der Waals surface area contributed by atoms with Gasteiger partial charge in [0, 0.05) is 0 Å². The van der Waals surface area contributed by atoms with Crippen LogP contribution in [-0.2, 0) is 4.74 Å². The average Bonchev–Trinajstić information content (AvgIpc) is 2.67. The minimum absolute atomic E-state index is 0.540. The summed E-state index contributed by atoms with van der Waals surface area (Å²) in [5.74, 6) is 3.57. The highest BCUT2D eigenvalue weighted by Crippen LogP contribution is 2.35. The van der Waals surface area contributed by atoms with E-state index in [4.69, 9.17) is 16.2 Å². The molecule has 0 aromatic carbocycles. The molecule has 1 aliphatic rings. The van der Waals surface area contributed by atoms with Crippen LogP contribution in [0.25, 0.3) is 0 Å². The Hall–Kier alpha value is -1.99. The smallest absolute Gasteiger partial charge is 0.351 e. The number of aliphatic hydroxyl groups excluding tert-OH is 2. The zero-order chi connectivity index (χ0) is 15.8. The van der Waals surface area contributed by atoms with Gasteiger partial charge in [-0.3, -0.25) is 4.57 Å². The standard InChI is InChI=1S/C12H15FN4O4/c1-2-3-12(15)8(19)7(5-18)21-10(12)17-4-6(13)9(14)16-11(17)20/h4,7-8,10,18-19H,5,15H2,1H3,(H2,14,16,20)/t7-,8+,10-,12?/m1/s1. The Balaban J connectivity index is 2.58. The van der Waals surface area contributed by atoms with Crippen LogP contribution in [0.5, 0.6) is 0 Å². The van der Waals surface area contributed by atoms with Gasteiger partial charge in [-0.25, -0.2) is 9.18 Å². The summed E-state index contributed by atoms with van der Waals surface area (Å²) in [5.41, 5.74) is 8.61. The number of ether oxygens (including phenoxy) is 1. The van der Waals surface area contributed by atoms with Gasteiger partial charge in [0.15, 0.2) is 23.4 Å². The van der Waals surface area contributed by atoms with Crippen molar-refractivity contribution in [2.24, 2.45) is 5.73 Å². The predicted molar refractivity (Wildman–Crippen MR) is 70.2 cm³/mol. The third-order valence-corrected chi connectivity index (χ3v) is 3.26. The van der Waals surface area contributed by atoms with Crippen molar-refractivity contribution < 1.29 is 19.3 Å². The third-order valence-electron chi connectivity index (χ3n) is 3.26. The van der Waals surface area contributed by atoms with Gasteiger partial charge >= 0.3 is 5.69 Å². The van der Waals surface area contributed by atoms with E-state index in [1.807, 2.05) is 0 Å². The number of hydrogen-bond acceptors (Lipinski definition) is 7. The average molecular weight is 298 g/mol. The highest BCUT2D eigenvalue weighted by atomic mass is 19.1. The van der Waals surface area contributed by atoms with Gasteiger partial charge < -0.3 is 26.4 Å². The summed E-state index contributed by atoms with van der Waals surface area (Å²) in [6.45, 7) is 0.941. The lowest BCUT2D eigenvalue weighted by molar-refractivity contribution is -0.0479. The number of aliphatic hydroxyl groups is 2. The van der Waals surface area contributed by atoms with Crippen molar-refractivity contribution in [1.82, 2.24) is 9.55 Å². The second kappa shape index (κ2) is 5.42. The summed E-state index contributed by atoms with van der Waals surface area (Å²) in [6, 6.07) is 0. The van der Waals surface area contributed by atoms with Crippen molar-refractivity contribution in [3.8, 4) is 11.8 Å². The first-order chi connectivity index (χ1) is 9.85. The van der Waals surface area contributed by atoms with Crippen molar-refractivity contribution in [1.29, 1.82) is 0 Å². The monoisotopic (exact) mass is 298 g/mol. The van der Waals surface area contributed by atoms with Crippen LogP contribution in [0.2, 0.25) is 0 Å². The maximum absolute atomic E-state index is 13.5. The Morgan fingerprint density at radius 2 is 2.33 bits per heavy atom. The van der Waals surface area contributed by atoms with Crippen LogP contribution >= 0.6 is 0 Å². The predicted octanol–water partition coefficient (Wildman–Crippen LogP) is -2.06. The molecule has 0 radical (unpaired) electrons. The Kier molecular flexibility index (Phi) is 3.97. The molecule has 6 N–H and O–H groups in total. The van der Waals surface area contributed by atoms with Crippen LogP contribution in [-0.4, -0.2) is 44.1 Å². The Morgan fingerprint density at radius 1 is 1.67 bits per heavy atom. The number of nitrogens with two attached hydrogens (primary N) is 2. The molecule has 114 valence electrons. The maximum atomic E-state index is 13.5. The maximum Gasteiger partial charge on any atom is 0.351 e. The summed E-state index contributed by atoms with van der Waals surface area (Å²) >= 11 is 0. The molecule has 21 heavy (non-hydrogen) atoms. The summed E-state index contributed by atoms with van der Waals surface area (Å²) in [4.78, 5) is 15.2. The zero-order valence-electron chi connectivity index (χ0n) is 11.2. The first kappa shape index (κ1) is 15.4. The molecule has 1 fully saturated rings. The molecule has 1 aromatic heterocycles. The van der Waals surface area contributed by atoms with Crippen molar-refractivity contribution in [2.45, 2.75) is 30.9 Å². The molecule has 2 heterocycles. The van der Waals surface area contributed by atoms with Crippen LogP contribution < -0.4 is 17.2 Å². The molecule has 1 unspecified atom stereocenters. The van der Waals surface area contributed by atoms with Gasteiger partial charge in [0.05, 0.1) is 12.8 Å². The topological polar surface area (TPSA) is 137 Å². The molecule has 2 rings (SSSR count). The van der Waals surface area contributed by atoms with Crippen molar-refractivity contribution >= 4 is 5.82 Å². The lowest BCUT2D eigenvalue weighted by Crippen LogP contribution is -2.55. The summed E-state index contributed by atoms with van der Waals surface area (Å²) in [6.07, 6.45) is -2.96. The molecule has 4 atom stereocenters. The Labute approximate surface area is 119 Å². The van der Waals surface area contributed by atoms with Crippen LogP contribution in [0.4, 0.5) is 10.2 Å². The fraction of sp³-hybridized carbons (Fsp3) is 0.500. The molecule has 1 saturated heterocycles. The summed E-state index contributed by atoms with van der Waals surface area (Å²) in [5, 5.41) is 19.3. The lowest BCUT2D eigenvalue weighted by Gasteiger charge is -2.27. The molecular weight excluding hydrogens is 283 g/mol. The number of rotatable bonds is 2. The van der Waals surface area contributed by atoms with E-state index in [1.54, 1.807) is 0 Å². The molecule has 0 bridgehead atoms. The van der Waals surface area contributed by atoms with E-state index in [9.17, 15) is 19.4 Å². The number of nitrogen functional groups attached to an aromatic ring is 1. The minimum atomic E-state index is -1.70. The first-order valence-corrected chi connectivity index (χ1v) is 6.06. The highest BCUT2D eigenvalue weighted by molar-refractivity contribution is 5.29. The van der Waals surface area contributed by atoms with Crippen LogP contribution in [0.1, 0.15) is 13.2 Å². The molecule has 9 heteroatoms. The molecule has 1 aromatic rings. The van der Waals surface area contributed by atoms with Gasteiger partial charge in [-0.05, 0) is 6.92 Å². The van der Waals surface area contributed by atoms with E-state index in [-0.39, 0.29) is 0 Å². The minimum Gasteiger partial charge on any atom is -0.394 e. The Morgan fingerprint density at radius 3 is 2.90 bits per heavy atom. The van der Waals surface area contributed by atoms with Gasteiger partial charge in [-0.2, -0.15) is 4.98 Å². The zero-order valence-corrected chi connectivity index (χ0v) is 11.2. The second-order valence-corrected chi connectivity index (χ2v) is 4.63. The van der Waals surface area contributed by atoms with Crippen molar-refractivity contribution in [3.63, 3.8) is 0 Å². The molecule has 8 nitrogen and oxygen atoms in total. The molecule has 0 spiro atoms. The van der Waals surface area contributed by atoms with Gasteiger partial charge in [0.25, 0.3) is 0 Å². The first-order valence-electron chi connectivity index (χ1n) is 6.06. The largest absolute Gasteiger partial charge is 0.394 e. The van der Waals surface area contributed by atoms with E-state index in [0.29, 0.717) is 0 Å². The van der Waals surface area contributed by atoms with Crippen LogP contribution in [0.15, 0.2) is 11.0 Å². The van der Waals surface area contributed by atoms with Gasteiger partial charge in [0.2, 0.25) is 0 Å². The third kappa shape index (κ3) is 2.38. The molecule has 0 saturated carbocycles. The number of hydrogen-bond donors (Lipinski definition) is 4. The van der Waals surface area contributed by atoms with E-state index >= 15 is 0 Å². The summed E-state index contributed by atoms with van der Waals surface area (Å²) in [7, 11) is 0. The quantitative estimate of drug-likeness (QED) is 0.461. The normalized spacial score (nSPS) is 31.8. The van der Waals surface area contributed by atoms with E-state index < -0.39 is 47.9 Å². The van der Waals surface area contributed by atoms with Crippen molar-refractivity contribution in [2.75, 3.05) is 12.3 Å². The van der Waals surface area contributed by atoms with E-state index in [2.05, 4.69) is 16.8 Å². The molecular formula is C12H15FN4O4. The van der Waals surface area contributed by atoms with Gasteiger partial charge in [0.1, 0.15) is 12.2 Å². The lowest BCUT2D eigenvalue weighted by atomic mass is 9.91.